The molecule has 0 saturated carbocycles. The molecule has 2 rings (SSSR count). The normalized spacial score (nSPS) is 10.7. The van der Waals surface area contributed by atoms with Crippen LogP contribution in [0.2, 0.25) is 0 Å². The number of carboxylic acids is 1. The maximum absolute atomic E-state index is 10.6. The van der Waals surface area contributed by atoms with Crippen molar-refractivity contribution < 1.29 is 23.1 Å². The van der Waals surface area contributed by atoms with Crippen LogP contribution >= 0.6 is 0 Å². The fourth-order valence-electron chi connectivity index (χ4n) is 1.39. The third kappa shape index (κ3) is 3.76. The summed E-state index contributed by atoms with van der Waals surface area (Å²) in [5.74, 6) is -2.76. The van der Waals surface area contributed by atoms with Crippen molar-refractivity contribution in [3.63, 3.8) is 0 Å². The molecule has 0 fully saturated rings. The van der Waals surface area contributed by atoms with E-state index >= 15 is 0 Å². The Bertz CT molecular complexity index is 542. The van der Waals surface area contributed by atoms with Gasteiger partial charge >= 0.3 is 12.1 Å². The van der Waals surface area contributed by atoms with E-state index in [-0.39, 0.29) is 0 Å². The van der Waals surface area contributed by atoms with Crippen LogP contribution in [0.5, 0.6) is 0 Å². The highest BCUT2D eigenvalue weighted by molar-refractivity contribution is 5.85. The first-order chi connectivity index (χ1) is 8.32. The molecule has 5 heteroatoms. The number of hydrogen-bond acceptors (Lipinski definition) is 1. The lowest BCUT2D eigenvalue weighted by molar-refractivity contribution is -0.192. The van der Waals surface area contributed by atoms with E-state index in [0.717, 1.165) is 0 Å². The third-order valence-corrected chi connectivity index (χ3v) is 2.25. The Morgan fingerprint density at radius 2 is 1.56 bits per heavy atom. The summed E-state index contributed by atoms with van der Waals surface area (Å²) in [5, 5.41) is 9.81. The number of aliphatic carboxylic acids is 1. The Morgan fingerprint density at radius 3 is 2.06 bits per heavy atom. The quantitative estimate of drug-likeness (QED) is 0.778. The number of carbonyl (C=O) groups is 1. The van der Waals surface area contributed by atoms with Gasteiger partial charge in [0.25, 0.3) is 0 Å². The SMILES string of the molecule is Cc1cccc2ccccc12.O=C(O)C(F)(F)F. The van der Waals surface area contributed by atoms with Crippen LogP contribution in [0.25, 0.3) is 10.8 Å². The summed E-state index contributed by atoms with van der Waals surface area (Å²) in [7, 11) is 0. The zero-order valence-corrected chi connectivity index (χ0v) is 9.53. The molecule has 0 spiro atoms. The molecule has 0 amide bonds. The van der Waals surface area contributed by atoms with Gasteiger partial charge in [0.15, 0.2) is 0 Å². The standard InChI is InChI=1S/C11H10.C2HF3O2/c1-9-5-4-7-10-6-2-3-8-11(9)10;3-2(4,5)1(6)7/h2-8H,1H3;(H,6,7). The van der Waals surface area contributed by atoms with Gasteiger partial charge in [0.1, 0.15) is 0 Å². The van der Waals surface area contributed by atoms with Crippen LogP contribution in [0.4, 0.5) is 13.2 Å². The maximum Gasteiger partial charge on any atom is 0.490 e. The molecular weight excluding hydrogens is 245 g/mol. The van der Waals surface area contributed by atoms with Gasteiger partial charge in [0.2, 0.25) is 0 Å². The molecule has 0 aromatic heterocycles. The van der Waals surface area contributed by atoms with Crippen molar-refractivity contribution in [1.29, 1.82) is 0 Å². The summed E-state index contributed by atoms with van der Waals surface area (Å²) in [5.41, 5.74) is 1.35. The molecule has 0 unspecified atom stereocenters. The molecule has 1 N–H and O–H groups in total. The summed E-state index contributed by atoms with van der Waals surface area (Å²) >= 11 is 0. The van der Waals surface area contributed by atoms with Crippen LogP contribution < -0.4 is 0 Å². The Kier molecular flexibility index (Phi) is 4.31. The van der Waals surface area contributed by atoms with Crippen LogP contribution in [0.15, 0.2) is 42.5 Å². The number of halogens is 3. The van der Waals surface area contributed by atoms with Crippen LogP contribution in [0.1, 0.15) is 5.56 Å². The second-order valence-corrected chi connectivity index (χ2v) is 3.60. The lowest BCUT2D eigenvalue weighted by atomic mass is 10.1. The minimum Gasteiger partial charge on any atom is -0.475 e. The summed E-state index contributed by atoms with van der Waals surface area (Å²) in [6.07, 6.45) is -5.08. The van der Waals surface area contributed by atoms with Crippen LogP contribution in [0, 0.1) is 6.92 Å². The van der Waals surface area contributed by atoms with Gasteiger partial charge in [-0.25, -0.2) is 4.79 Å². The molecule has 0 aliphatic rings. The highest BCUT2D eigenvalue weighted by Crippen LogP contribution is 2.16. The first kappa shape index (κ1) is 14.0. The van der Waals surface area contributed by atoms with E-state index < -0.39 is 12.1 Å². The molecule has 0 saturated heterocycles. The van der Waals surface area contributed by atoms with Crippen LogP contribution in [-0.2, 0) is 4.79 Å². The van der Waals surface area contributed by atoms with Gasteiger partial charge in [0, 0.05) is 0 Å². The van der Waals surface area contributed by atoms with E-state index in [0.29, 0.717) is 0 Å². The average molecular weight is 256 g/mol. The monoisotopic (exact) mass is 256 g/mol. The van der Waals surface area contributed by atoms with Gasteiger partial charge < -0.3 is 5.11 Å². The van der Waals surface area contributed by atoms with Gasteiger partial charge in [0.05, 0.1) is 0 Å². The number of alkyl halides is 3. The van der Waals surface area contributed by atoms with E-state index in [4.69, 9.17) is 9.90 Å². The molecule has 0 atom stereocenters. The van der Waals surface area contributed by atoms with E-state index in [1.807, 2.05) is 0 Å². The minimum absolute atomic E-state index is 1.33. The lowest BCUT2D eigenvalue weighted by Crippen LogP contribution is -2.21. The summed E-state index contributed by atoms with van der Waals surface area (Å²) in [4.78, 5) is 8.90. The molecule has 2 aromatic rings. The van der Waals surface area contributed by atoms with Crippen molar-refractivity contribution in [2.45, 2.75) is 13.1 Å². The first-order valence-corrected chi connectivity index (χ1v) is 5.07. The van der Waals surface area contributed by atoms with E-state index in [1.54, 1.807) is 0 Å². The molecule has 18 heavy (non-hydrogen) atoms. The molecule has 0 aliphatic carbocycles. The molecule has 0 radical (unpaired) electrons. The molecule has 2 nitrogen and oxygen atoms in total. The van der Waals surface area contributed by atoms with Crippen molar-refractivity contribution >= 4 is 16.7 Å². The van der Waals surface area contributed by atoms with Gasteiger partial charge in [-0.2, -0.15) is 13.2 Å². The molecule has 0 aliphatic heterocycles. The first-order valence-electron chi connectivity index (χ1n) is 5.07. The molecule has 0 bridgehead atoms. The fourth-order valence-corrected chi connectivity index (χ4v) is 1.39. The van der Waals surface area contributed by atoms with Crippen molar-refractivity contribution in [1.82, 2.24) is 0 Å². The maximum atomic E-state index is 10.6. The zero-order chi connectivity index (χ0) is 13.8. The van der Waals surface area contributed by atoms with Crippen LogP contribution in [-0.4, -0.2) is 17.3 Å². The van der Waals surface area contributed by atoms with Gasteiger partial charge in [-0.1, -0.05) is 42.5 Å². The highest BCUT2D eigenvalue weighted by Gasteiger charge is 2.38. The molecule has 2 aromatic carbocycles. The number of rotatable bonds is 0. The van der Waals surface area contributed by atoms with Gasteiger partial charge in [-0.15, -0.1) is 0 Å². The fraction of sp³-hybridized carbons (Fsp3) is 0.154. The molecular formula is C13H11F3O2. The summed E-state index contributed by atoms with van der Waals surface area (Å²) < 4.78 is 31.7. The van der Waals surface area contributed by atoms with E-state index in [1.165, 1.54) is 16.3 Å². The van der Waals surface area contributed by atoms with Crippen LogP contribution in [0.3, 0.4) is 0 Å². The number of benzene rings is 2. The largest absolute Gasteiger partial charge is 0.490 e. The smallest absolute Gasteiger partial charge is 0.475 e. The molecule has 96 valence electrons. The Morgan fingerprint density at radius 1 is 1.06 bits per heavy atom. The highest BCUT2D eigenvalue weighted by atomic mass is 19.4. The molecule has 0 heterocycles. The van der Waals surface area contributed by atoms with Crippen molar-refractivity contribution in [3.05, 3.63) is 48.0 Å². The zero-order valence-electron chi connectivity index (χ0n) is 9.53. The van der Waals surface area contributed by atoms with Gasteiger partial charge in [-0.05, 0) is 23.3 Å². The second-order valence-electron chi connectivity index (χ2n) is 3.60. The van der Waals surface area contributed by atoms with Gasteiger partial charge in [-0.3, -0.25) is 0 Å². The summed E-state index contributed by atoms with van der Waals surface area (Å²) in [6, 6.07) is 14.8. The van der Waals surface area contributed by atoms with Crippen molar-refractivity contribution in [2.24, 2.45) is 0 Å². The number of aryl methyl sites for hydroxylation is 1. The van der Waals surface area contributed by atoms with Crippen molar-refractivity contribution in [2.75, 3.05) is 0 Å². The Labute approximate surface area is 102 Å². The van der Waals surface area contributed by atoms with E-state index in [2.05, 4.69) is 49.4 Å². The Balaban J connectivity index is 0.000000203. The summed E-state index contributed by atoms with van der Waals surface area (Å²) in [6.45, 7) is 2.14. The lowest BCUT2D eigenvalue weighted by Gasteiger charge is -1.98. The predicted octanol–water partition coefficient (Wildman–Crippen LogP) is 3.78. The topological polar surface area (TPSA) is 37.3 Å². The third-order valence-electron chi connectivity index (χ3n) is 2.25. The predicted molar refractivity (Wildman–Crippen MR) is 62.4 cm³/mol. The number of carboxylic acid groups (broad SMARTS) is 1. The van der Waals surface area contributed by atoms with Crippen molar-refractivity contribution in [3.8, 4) is 0 Å². The second kappa shape index (κ2) is 5.53. The minimum atomic E-state index is -5.08. The number of hydrogen-bond donors (Lipinski definition) is 1. The van der Waals surface area contributed by atoms with E-state index in [9.17, 15) is 13.2 Å². The number of fused-ring (bicyclic) bond motifs is 1. The average Bonchev–Trinajstić information content (AvgIpc) is 2.29. The Hall–Kier alpha value is -2.04.